The molecule has 6 heteroatoms. The number of rotatable bonds is 5. The molecule has 0 atom stereocenters. The zero-order chi connectivity index (χ0) is 15.8. The Hall–Kier alpha value is -1.43. The number of sulfonamides is 1. The summed E-state index contributed by atoms with van der Waals surface area (Å²) in [5, 5.41) is 0.246. The molecule has 1 fully saturated rings. The third-order valence-corrected chi connectivity index (χ3v) is 5.92. The predicted molar refractivity (Wildman–Crippen MR) is 86.5 cm³/mol. The van der Waals surface area contributed by atoms with Gasteiger partial charge in [0.2, 0.25) is 10.0 Å². The molecule has 4 nitrogen and oxygen atoms in total. The second-order valence-electron chi connectivity index (χ2n) is 5.75. The quantitative estimate of drug-likeness (QED) is 0.913. The lowest BCUT2D eigenvalue weighted by atomic mass is 10.0. The molecule has 1 aliphatic carbocycles. The molecule has 116 valence electrons. The van der Waals surface area contributed by atoms with Crippen molar-refractivity contribution in [3.8, 4) is 0 Å². The van der Waals surface area contributed by atoms with E-state index in [4.69, 9.17) is 11.6 Å². The van der Waals surface area contributed by atoms with Crippen LogP contribution in [0.4, 0.5) is 0 Å². The number of nitrogens with zero attached hydrogens (tertiary/aromatic N) is 1. The number of aryl methyl sites for hydroxylation is 1. The second-order valence-corrected chi connectivity index (χ2v) is 7.90. The smallest absolute Gasteiger partial charge is 0.242 e. The van der Waals surface area contributed by atoms with Crippen molar-refractivity contribution in [2.45, 2.75) is 30.1 Å². The van der Waals surface area contributed by atoms with Gasteiger partial charge < -0.3 is 0 Å². The summed E-state index contributed by atoms with van der Waals surface area (Å²) < 4.78 is 27.6. The Kier molecular flexibility index (Phi) is 3.97. The van der Waals surface area contributed by atoms with E-state index in [0.29, 0.717) is 6.54 Å². The van der Waals surface area contributed by atoms with Crippen LogP contribution in [0.3, 0.4) is 0 Å². The maximum atomic E-state index is 12.5. The molecule has 0 saturated heterocycles. The number of nitrogens with one attached hydrogen (secondary N) is 1. The van der Waals surface area contributed by atoms with E-state index in [1.807, 2.05) is 25.1 Å². The summed E-state index contributed by atoms with van der Waals surface area (Å²) >= 11 is 6.07. The lowest BCUT2D eigenvalue weighted by Crippen LogP contribution is -2.32. The highest BCUT2D eigenvalue weighted by atomic mass is 35.5. The van der Waals surface area contributed by atoms with Crippen LogP contribution in [0.2, 0.25) is 5.02 Å². The first-order valence-electron chi connectivity index (χ1n) is 7.10. The van der Waals surface area contributed by atoms with Crippen molar-refractivity contribution in [3.05, 3.63) is 58.9 Å². The van der Waals surface area contributed by atoms with Crippen molar-refractivity contribution in [1.82, 2.24) is 9.71 Å². The first-order valence-corrected chi connectivity index (χ1v) is 8.96. The summed E-state index contributed by atoms with van der Waals surface area (Å²) in [5.74, 6) is 0. The third-order valence-electron chi connectivity index (χ3n) is 4.04. The summed E-state index contributed by atoms with van der Waals surface area (Å²) in [5.41, 5.74) is 1.69. The van der Waals surface area contributed by atoms with Gasteiger partial charge in [-0.1, -0.05) is 23.7 Å². The van der Waals surface area contributed by atoms with E-state index in [2.05, 4.69) is 9.71 Å². The van der Waals surface area contributed by atoms with Gasteiger partial charge in [-0.25, -0.2) is 13.1 Å². The first kappa shape index (κ1) is 15.5. The molecule has 0 radical (unpaired) electrons. The first-order chi connectivity index (χ1) is 10.4. The summed E-state index contributed by atoms with van der Waals surface area (Å²) in [4.78, 5) is 4.48. The highest BCUT2D eigenvalue weighted by molar-refractivity contribution is 7.89. The van der Waals surface area contributed by atoms with Crippen LogP contribution >= 0.6 is 11.6 Å². The Labute approximate surface area is 135 Å². The van der Waals surface area contributed by atoms with E-state index < -0.39 is 10.0 Å². The zero-order valence-corrected chi connectivity index (χ0v) is 13.8. The van der Waals surface area contributed by atoms with Crippen LogP contribution in [-0.2, 0) is 15.4 Å². The average molecular weight is 337 g/mol. The van der Waals surface area contributed by atoms with Crippen molar-refractivity contribution in [1.29, 1.82) is 0 Å². The predicted octanol–water partition coefficient (Wildman–Crippen LogP) is 3.05. The Morgan fingerprint density at radius 1 is 1.27 bits per heavy atom. The van der Waals surface area contributed by atoms with E-state index >= 15 is 0 Å². The second kappa shape index (κ2) is 5.65. The van der Waals surface area contributed by atoms with Gasteiger partial charge in [-0.2, -0.15) is 0 Å². The van der Waals surface area contributed by atoms with Crippen LogP contribution < -0.4 is 4.72 Å². The number of aromatic nitrogens is 1. The fourth-order valence-electron chi connectivity index (χ4n) is 2.49. The standard InChI is InChI=1S/C16H17ClN2O2S/c1-12-5-6-14(13(17)10-12)22(20,21)19-11-16(7-8-16)15-4-2-3-9-18-15/h2-6,9-10,19H,7-8,11H2,1H3. The number of hydrogen-bond donors (Lipinski definition) is 1. The molecule has 0 amide bonds. The van der Waals surface area contributed by atoms with Crippen molar-refractivity contribution < 1.29 is 8.42 Å². The largest absolute Gasteiger partial charge is 0.261 e. The molecule has 1 aromatic carbocycles. The molecule has 1 aliphatic rings. The highest BCUT2D eigenvalue weighted by Gasteiger charge is 2.46. The monoisotopic (exact) mass is 336 g/mol. The van der Waals surface area contributed by atoms with Gasteiger partial charge in [0.05, 0.1) is 5.02 Å². The normalized spacial score (nSPS) is 16.5. The Bertz CT molecular complexity index is 787. The van der Waals surface area contributed by atoms with Crippen molar-refractivity contribution in [2.24, 2.45) is 0 Å². The molecule has 1 aromatic heterocycles. The van der Waals surface area contributed by atoms with Crippen molar-refractivity contribution in [2.75, 3.05) is 6.54 Å². The molecule has 1 N–H and O–H groups in total. The van der Waals surface area contributed by atoms with Crippen LogP contribution in [0.1, 0.15) is 24.1 Å². The van der Waals surface area contributed by atoms with Gasteiger partial charge in [0.15, 0.2) is 0 Å². The topological polar surface area (TPSA) is 59.1 Å². The molecule has 22 heavy (non-hydrogen) atoms. The van der Waals surface area contributed by atoms with Gasteiger partial charge in [0.25, 0.3) is 0 Å². The fourth-order valence-corrected chi connectivity index (χ4v) is 4.21. The number of hydrogen-bond acceptors (Lipinski definition) is 3. The summed E-state index contributed by atoms with van der Waals surface area (Å²) in [7, 11) is -3.62. The van der Waals surface area contributed by atoms with Crippen molar-refractivity contribution in [3.63, 3.8) is 0 Å². The van der Waals surface area contributed by atoms with Gasteiger partial charge in [0.1, 0.15) is 4.90 Å². The van der Waals surface area contributed by atoms with Crippen LogP contribution in [0.5, 0.6) is 0 Å². The Morgan fingerprint density at radius 3 is 2.64 bits per heavy atom. The van der Waals surface area contributed by atoms with Gasteiger partial charge in [-0.15, -0.1) is 0 Å². The minimum atomic E-state index is -3.62. The van der Waals surface area contributed by atoms with E-state index in [1.54, 1.807) is 24.4 Å². The number of benzene rings is 1. The summed E-state index contributed by atoms with van der Waals surface area (Å²) in [6.07, 6.45) is 3.61. The van der Waals surface area contributed by atoms with Crippen LogP contribution in [0.25, 0.3) is 0 Å². The molecule has 1 heterocycles. The van der Waals surface area contributed by atoms with Crippen molar-refractivity contribution >= 4 is 21.6 Å². The lowest BCUT2D eigenvalue weighted by Gasteiger charge is -2.16. The van der Waals surface area contributed by atoms with Gasteiger partial charge >= 0.3 is 0 Å². The lowest BCUT2D eigenvalue weighted by molar-refractivity contribution is 0.564. The molecule has 0 spiro atoms. The Morgan fingerprint density at radius 2 is 2.05 bits per heavy atom. The molecule has 2 aromatic rings. The molecular weight excluding hydrogens is 320 g/mol. The minimum absolute atomic E-state index is 0.122. The number of halogens is 1. The van der Waals surface area contributed by atoms with E-state index in [1.165, 1.54) is 0 Å². The minimum Gasteiger partial charge on any atom is -0.261 e. The molecule has 0 unspecified atom stereocenters. The zero-order valence-electron chi connectivity index (χ0n) is 12.2. The van der Waals surface area contributed by atoms with Crippen LogP contribution in [0.15, 0.2) is 47.5 Å². The molecule has 3 rings (SSSR count). The van der Waals surface area contributed by atoms with Gasteiger partial charge in [-0.05, 0) is 49.6 Å². The third kappa shape index (κ3) is 3.02. The molecular formula is C16H17ClN2O2S. The molecule has 1 saturated carbocycles. The maximum absolute atomic E-state index is 12.5. The van der Waals surface area contributed by atoms with E-state index in [9.17, 15) is 8.42 Å². The Balaban J connectivity index is 1.79. The highest BCUT2D eigenvalue weighted by Crippen LogP contribution is 2.46. The summed E-state index contributed by atoms with van der Waals surface area (Å²) in [6, 6.07) is 10.7. The fraction of sp³-hybridized carbons (Fsp3) is 0.312. The summed E-state index contributed by atoms with van der Waals surface area (Å²) in [6.45, 7) is 2.21. The molecule has 0 bridgehead atoms. The van der Waals surface area contributed by atoms with Crippen LogP contribution in [-0.4, -0.2) is 19.9 Å². The van der Waals surface area contributed by atoms with Crippen LogP contribution in [0, 0.1) is 6.92 Å². The van der Waals surface area contributed by atoms with Gasteiger partial charge in [0, 0.05) is 23.9 Å². The molecule has 0 aliphatic heterocycles. The van der Waals surface area contributed by atoms with E-state index in [-0.39, 0.29) is 15.3 Å². The number of pyridine rings is 1. The van der Waals surface area contributed by atoms with Gasteiger partial charge in [-0.3, -0.25) is 4.98 Å². The SMILES string of the molecule is Cc1ccc(S(=O)(=O)NCC2(c3ccccn3)CC2)c(Cl)c1. The average Bonchev–Trinajstić information content (AvgIpc) is 3.27. The maximum Gasteiger partial charge on any atom is 0.242 e. The van der Waals surface area contributed by atoms with E-state index in [0.717, 1.165) is 24.1 Å².